The summed E-state index contributed by atoms with van der Waals surface area (Å²) < 4.78 is 0. The molecule has 1 nitrogen and oxygen atoms in total. The highest BCUT2D eigenvalue weighted by Gasteiger charge is 2.60. The van der Waals surface area contributed by atoms with Crippen molar-refractivity contribution >= 4 is 58.6 Å². The number of benzene rings is 6. The third kappa shape index (κ3) is 2.73. The number of hydrogen-bond donors (Lipinski definition) is 0. The molecular weight excluding hydrogens is 593 g/mol. The van der Waals surface area contributed by atoms with Crippen LogP contribution in [0.1, 0.15) is 72.2 Å². The smallest absolute Gasteiger partial charge is 0.243 e. The summed E-state index contributed by atoms with van der Waals surface area (Å²) in [7, 11) is -2.03. The standard InChI is InChI=1S/C45H38BNSi/c1-43(2)28-16-11-17-29-39(28)46-40-30(43)18-12-20-32(40)45(33-21-13-19-31(41(33)46)44(29,3)4)27-15-7-8-23-35(27)47-36-24-9-10-25-37(36)48(5,6)38-26-14-22-34(45)42(38)47/h7-26H,1-6H3. The average Bonchev–Trinajstić information content (AvgIpc) is 3.09. The van der Waals surface area contributed by atoms with E-state index in [0.29, 0.717) is 0 Å². The Labute approximate surface area is 285 Å². The maximum Gasteiger partial charge on any atom is 0.243 e. The summed E-state index contributed by atoms with van der Waals surface area (Å²) >= 11 is 0. The van der Waals surface area contributed by atoms with E-state index in [2.05, 4.69) is 167 Å². The van der Waals surface area contributed by atoms with Crippen LogP contribution in [0.25, 0.3) is 0 Å². The van der Waals surface area contributed by atoms with Crippen LogP contribution in [0.3, 0.4) is 0 Å². The van der Waals surface area contributed by atoms with E-state index in [-0.39, 0.29) is 17.5 Å². The lowest BCUT2D eigenvalue weighted by Crippen LogP contribution is -2.72. The van der Waals surface area contributed by atoms with Gasteiger partial charge in [0.15, 0.2) is 0 Å². The van der Waals surface area contributed by atoms with Gasteiger partial charge in [0.25, 0.3) is 0 Å². The Morgan fingerprint density at radius 3 is 1.46 bits per heavy atom. The molecule has 3 heteroatoms. The van der Waals surface area contributed by atoms with Gasteiger partial charge < -0.3 is 4.90 Å². The predicted octanol–water partition coefficient (Wildman–Crippen LogP) is 7.10. The topological polar surface area (TPSA) is 3.24 Å². The van der Waals surface area contributed by atoms with Crippen molar-refractivity contribution in [2.45, 2.75) is 57.0 Å². The average molecular weight is 632 g/mol. The summed E-state index contributed by atoms with van der Waals surface area (Å²) in [5.74, 6) is 0. The first kappa shape index (κ1) is 27.4. The Kier molecular flexibility index (Phi) is 4.75. The quantitative estimate of drug-likeness (QED) is 0.162. The Morgan fingerprint density at radius 1 is 0.438 bits per heavy atom. The normalized spacial score (nSPS) is 19.2. The van der Waals surface area contributed by atoms with Gasteiger partial charge in [-0.25, -0.2) is 0 Å². The van der Waals surface area contributed by atoms with Crippen molar-refractivity contribution < 1.29 is 0 Å². The van der Waals surface area contributed by atoms with Crippen molar-refractivity contribution in [1.29, 1.82) is 0 Å². The van der Waals surface area contributed by atoms with E-state index in [9.17, 15) is 0 Å². The molecule has 6 aromatic rings. The molecule has 0 N–H and O–H groups in total. The van der Waals surface area contributed by atoms with Crippen molar-refractivity contribution in [3.63, 3.8) is 0 Å². The van der Waals surface area contributed by atoms with E-state index >= 15 is 0 Å². The highest BCUT2D eigenvalue weighted by molar-refractivity contribution is 7.03. The zero-order chi connectivity index (χ0) is 32.5. The van der Waals surface area contributed by atoms with E-state index in [4.69, 9.17) is 0 Å². The van der Waals surface area contributed by atoms with Gasteiger partial charge in [-0.05, 0) is 67.0 Å². The lowest BCUT2D eigenvalue weighted by Gasteiger charge is -2.57. The Hall–Kier alpha value is -4.60. The molecule has 6 aromatic carbocycles. The first-order valence-electron chi connectivity index (χ1n) is 17.7. The van der Waals surface area contributed by atoms with Crippen molar-refractivity contribution in [2.24, 2.45) is 0 Å². The Bertz CT molecular complexity index is 2360. The van der Waals surface area contributed by atoms with Gasteiger partial charge in [0.2, 0.25) is 6.71 Å². The second-order valence-corrected chi connectivity index (χ2v) is 20.8. The van der Waals surface area contributed by atoms with Crippen molar-refractivity contribution in [3.05, 3.63) is 166 Å². The molecule has 0 aliphatic carbocycles. The van der Waals surface area contributed by atoms with E-state index < -0.39 is 13.5 Å². The Balaban J connectivity index is 1.38. The molecule has 5 aliphatic rings. The molecule has 0 fully saturated rings. The number of nitrogens with zero attached hydrogens (tertiary/aromatic N) is 1. The van der Waals surface area contributed by atoms with E-state index in [1.54, 1.807) is 16.4 Å². The van der Waals surface area contributed by atoms with Crippen molar-refractivity contribution in [2.75, 3.05) is 4.90 Å². The first-order valence-corrected chi connectivity index (χ1v) is 20.7. The second kappa shape index (κ2) is 8.33. The molecule has 230 valence electrons. The van der Waals surface area contributed by atoms with Crippen LogP contribution in [0.15, 0.2) is 121 Å². The molecule has 0 amide bonds. The highest BCUT2D eigenvalue weighted by atomic mass is 28.3. The minimum atomic E-state index is -2.03. The third-order valence-corrected chi connectivity index (χ3v) is 16.9. The fourth-order valence-electron chi connectivity index (χ4n) is 11.3. The summed E-state index contributed by atoms with van der Waals surface area (Å²) in [5.41, 5.74) is 19.8. The van der Waals surface area contributed by atoms with Gasteiger partial charge in [-0.3, -0.25) is 0 Å². The van der Waals surface area contributed by atoms with Gasteiger partial charge in [-0.2, -0.15) is 0 Å². The van der Waals surface area contributed by atoms with Crippen molar-refractivity contribution in [3.8, 4) is 0 Å². The molecule has 0 bridgehead atoms. The molecule has 5 heterocycles. The highest BCUT2D eigenvalue weighted by Crippen LogP contribution is 2.60. The van der Waals surface area contributed by atoms with E-state index in [0.717, 1.165) is 0 Å². The van der Waals surface area contributed by atoms with Crippen LogP contribution in [0.2, 0.25) is 13.1 Å². The molecule has 48 heavy (non-hydrogen) atoms. The van der Waals surface area contributed by atoms with Gasteiger partial charge in [0.1, 0.15) is 8.07 Å². The van der Waals surface area contributed by atoms with Crippen LogP contribution in [-0.2, 0) is 16.2 Å². The third-order valence-electron chi connectivity index (χ3n) is 13.4. The van der Waals surface area contributed by atoms with Crippen LogP contribution < -0.4 is 31.7 Å². The number of hydrogen-bond acceptors (Lipinski definition) is 1. The maximum absolute atomic E-state index is 2.64. The van der Waals surface area contributed by atoms with Gasteiger partial charge >= 0.3 is 0 Å². The molecule has 0 saturated heterocycles. The lowest BCUT2D eigenvalue weighted by molar-refractivity contribution is 0.613. The fourth-order valence-corrected chi connectivity index (χ4v) is 14.3. The molecule has 0 saturated carbocycles. The summed E-state index contributed by atoms with van der Waals surface area (Å²) in [5, 5.41) is 3.06. The number of fused-ring (bicyclic) bond motifs is 8. The van der Waals surface area contributed by atoms with E-state index in [1.807, 2.05) is 0 Å². The zero-order valence-electron chi connectivity index (χ0n) is 28.6. The molecule has 0 aromatic heterocycles. The molecule has 5 aliphatic heterocycles. The van der Waals surface area contributed by atoms with Crippen molar-refractivity contribution in [1.82, 2.24) is 0 Å². The Morgan fingerprint density at radius 2 is 0.854 bits per heavy atom. The van der Waals surface area contributed by atoms with Gasteiger partial charge in [0, 0.05) is 16.5 Å². The first-order chi connectivity index (χ1) is 23.1. The predicted molar refractivity (Wildman–Crippen MR) is 205 cm³/mol. The number of rotatable bonds is 0. The lowest BCUT2D eigenvalue weighted by atomic mass is 9.23. The fraction of sp³-hybridized carbons (Fsp3) is 0.200. The minimum Gasteiger partial charge on any atom is -0.310 e. The van der Waals surface area contributed by atoms with Crippen LogP contribution in [0.5, 0.6) is 0 Å². The molecule has 0 unspecified atom stereocenters. The molecule has 0 atom stereocenters. The molecular formula is C45H38BNSi. The molecule has 11 rings (SSSR count). The van der Waals surface area contributed by atoms with Crippen LogP contribution in [-0.4, -0.2) is 14.8 Å². The summed E-state index contributed by atoms with van der Waals surface area (Å²) in [6.07, 6.45) is 0. The zero-order valence-corrected chi connectivity index (χ0v) is 29.6. The van der Waals surface area contributed by atoms with Crippen LogP contribution in [0.4, 0.5) is 17.1 Å². The minimum absolute atomic E-state index is 0.113. The monoisotopic (exact) mass is 631 g/mol. The van der Waals surface area contributed by atoms with Gasteiger partial charge in [-0.15, -0.1) is 0 Å². The van der Waals surface area contributed by atoms with Crippen LogP contribution >= 0.6 is 0 Å². The van der Waals surface area contributed by atoms with Gasteiger partial charge in [-0.1, -0.05) is 166 Å². The van der Waals surface area contributed by atoms with Crippen LogP contribution in [0, 0.1) is 0 Å². The SMILES string of the molecule is CC1(C)c2cccc3c2B2c4c1cccc4C1(c4ccccc4N4c5ccccc5[Si](C)(C)c5cccc1c54)c1cccc(c12)C3(C)C. The van der Waals surface area contributed by atoms with Gasteiger partial charge in [0.05, 0.1) is 16.8 Å². The molecule has 1 spiro atoms. The number of para-hydroxylation sites is 3. The maximum atomic E-state index is 2.64. The molecule has 0 radical (unpaired) electrons. The number of anilines is 3. The van der Waals surface area contributed by atoms with E-state index in [1.165, 1.54) is 71.9 Å². The summed E-state index contributed by atoms with van der Waals surface area (Å²) in [6, 6.07) is 47.7. The summed E-state index contributed by atoms with van der Waals surface area (Å²) in [6.45, 7) is 15.2. The second-order valence-electron chi connectivity index (χ2n) is 16.4. The summed E-state index contributed by atoms with van der Waals surface area (Å²) in [4.78, 5) is 2.64. The largest absolute Gasteiger partial charge is 0.310 e.